The molecule has 0 aliphatic rings. The Morgan fingerprint density at radius 3 is 2.40 bits per heavy atom. The molecule has 0 aromatic carbocycles. The van der Waals surface area contributed by atoms with Gasteiger partial charge in [-0.2, -0.15) is 0 Å². The summed E-state index contributed by atoms with van der Waals surface area (Å²) in [6.07, 6.45) is 1.07. The van der Waals surface area contributed by atoms with Gasteiger partial charge < -0.3 is 4.74 Å². The number of ether oxygens (including phenoxy) is 1. The lowest BCUT2D eigenvalue weighted by molar-refractivity contribution is -0.113. The molecule has 0 saturated carbocycles. The molecule has 0 amide bonds. The third kappa shape index (κ3) is 4.79. The van der Waals surface area contributed by atoms with E-state index in [0.717, 1.165) is 6.08 Å². The quantitative estimate of drug-likeness (QED) is 0.412. The Balaban J connectivity index is 5.16. The van der Waals surface area contributed by atoms with Crippen LogP contribution in [0.1, 0.15) is 20.8 Å². The maximum Gasteiger partial charge on any atom is 0.159 e. The fourth-order valence-corrected chi connectivity index (χ4v) is 0.835. The van der Waals surface area contributed by atoms with Crippen LogP contribution in [0, 0.1) is 0 Å². The van der Waals surface area contributed by atoms with E-state index in [0.29, 0.717) is 12.2 Å². The molecular formula is C11H14ClFO2. The van der Waals surface area contributed by atoms with Crippen molar-refractivity contribution >= 4 is 17.4 Å². The first-order valence-corrected chi connectivity index (χ1v) is 4.84. The van der Waals surface area contributed by atoms with Crippen LogP contribution < -0.4 is 0 Å². The van der Waals surface area contributed by atoms with Gasteiger partial charge in [-0.25, -0.2) is 4.39 Å². The normalized spacial score (nSPS) is 13.3. The molecule has 2 nitrogen and oxygen atoms in total. The average molecular weight is 233 g/mol. The van der Waals surface area contributed by atoms with E-state index < -0.39 is 5.83 Å². The van der Waals surface area contributed by atoms with Gasteiger partial charge in [0, 0.05) is 11.6 Å². The fraction of sp³-hybridized carbons (Fsp3) is 0.364. The summed E-state index contributed by atoms with van der Waals surface area (Å²) in [7, 11) is 0. The summed E-state index contributed by atoms with van der Waals surface area (Å²) in [4.78, 5) is 11.1. The number of carbonyl (C=O) groups excluding carboxylic acids is 1. The number of carbonyl (C=O) groups is 1. The van der Waals surface area contributed by atoms with Crippen LogP contribution in [0.2, 0.25) is 0 Å². The van der Waals surface area contributed by atoms with Crippen LogP contribution in [0.15, 0.2) is 34.8 Å². The van der Waals surface area contributed by atoms with Gasteiger partial charge in [-0.05, 0) is 20.8 Å². The molecule has 0 unspecified atom stereocenters. The van der Waals surface area contributed by atoms with E-state index in [-0.39, 0.29) is 16.6 Å². The van der Waals surface area contributed by atoms with Gasteiger partial charge in [0.2, 0.25) is 0 Å². The molecular weight excluding hydrogens is 219 g/mol. The molecule has 0 spiro atoms. The second-order valence-corrected chi connectivity index (χ2v) is 3.33. The Kier molecular flexibility index (Phi) is 5.94. The Morgan fingerprint density at radius 2 is 2.07 bits per heavy atom. The minimum atomic E-state index is -0.708. The number of Topliss-reactive ketones (excluding diaryl/α,β-unsaturated/α-hetero) is 1. The minimum absolute atomic E-state index is 0.178. The molecule has 0 saturated heterocycles. The number of hydrogen-bond acceptors (Lipinski definition) is 2. The van der Waals surface area contributed by atoms with Gasteiger partial charge in [-0.1, -0.05) is 18.2 Å². The molecule has 0 aliphatic heterocycles. The van der Waals surface area contributed by atoms with Crippen LogP contribution >= 0.6 is 11.6 Å². The fourth-order valence-electron chi connectivity index (χ4n) is 0.781. The Hall–Kier alpha value is -1.09. The molecule has 0 aliphatic carbocycles. The minimum Gasteiger partial charge on any atom is -0.493 e. The maximum atomic E-state index is 13.1. The van der Waals surface area contributed by atoms with Crippen molar-refractivity contribution in [2.24, 2.45) is 0 Å². The first-order chi connectivity index (χ1) is 6.90. The van der Waals surface area contributed by atoms with Crippen molar-refractivity contribution < 1.29 is 13.9 Å². The largest absolute Gasteiger partial charge is 0.493 e. The van der Waals surface area contributed by atoms with Crippen LogP contribution in [-0.4, -0.2) is 12.4 Å². The topological polar surface area (TPSA) is 26.3 Å². The van der Waals surface area contributed by atoms with E-state index in [4.69, 9.17) is 16.3 Å². The summed E-state index contributed by atoms with van der Waals surface area (Å²) in [6.45, 7) is 8.27. The van der Waals surface area contributed by atoms with E-state index >= 15 is 0 Å². The van der Waals surface area contributed by atoms with Gasteiger partial charge in [0.1, 0.15) is 11.6 Å². The number of rotatable bonds is 5. The highest BCUT2D eigenvalue weighted by Crippen LogP contribution is 2.18. The lowest BCUT2D eigenvalue weighted by Crippen LogP contribution is -2.00. The van der Waals surface area contributed by atoms with E-state index in [9.17, 15) is 9.18 Å². The molecule has 4 heteroatoms. The lowest BCUT2D eigenvalue weighted by Gasteiger charge is -2.07. The summed E-state index contributed by atoms with van der Waals surface area (Å²) in [5.41, 5.74) is 0.352. The molecule has 0 fully saturated rings. The zero-order chi connectivity index (χ0) is 12.0. The second-order valence-electron chi connectivity index (χ2n) is 2.88. The Morgan fingerprint density at radius 1 is 1.53 bits per heavy atom. The molecule has 0 N–H and O–H groups in total. The summed E-state index contributed by atoms with van der Waals surface area (Å²) < 4.78 is 18.3. The number of allylic oxidation sites excluding steroid dienone is 4. The summed E-state index contributed by atoms with van der Waals surface area (Å²) in [5.74, 6) is -0.701. The van der Waals surface area contributed by atoms with Gasteiger partial charge in [-0.3, -0.25) is 4.79 Å². The van der Waals surface area contributed by atoms with Crippen LogP contribution in [0.25, 0.3) is 0 Å². The van der Waals surface area contributed by atoms with Crippen molar-refractivity contribution in [1.29, 1.82) is 0 Å². The van der Waals surface area contributed by atoms with Crippen LogP contribution in [0.5, 0.6) is 0 Å². The van der Waals surface area contributed by atoms with Gasteiger partial charge in [0.05, 0.1) is 11.6 Å². The number of ketones is 1. The van der Waals surface area contributed by atoms with Crippen molar-refractivity contribution in [2.75, 3.05) is 6.61 Å². The van der Waals surface area contributed by atoms with Crippen molar-refractivity contribution in [3.8, 4) is 0 Å². The zero-order valence-corrected chi connectivity index (χ0v) is 9.82. The maximum absolute atomic E-state index is 13.1. The first kappa shape index (κ1) is 13.9. The van der Waals surface area contributed by atoms with Crippen LogP contribution in [-0.2, 0) is 9.53 Å². The molecule has 0 aromatic rings. The predicted octanol–water partition coefficient (Wildman–Crippen LogP) is 3.49. The van der Waals surface area contributed by atoms with Gasteiger partial charge in [0.15, 0.2) is 5.78 Å². The highest BCUT2D eigenvalue weighted by Gasteiger charge is 2.08. The SMILES string of the molecule is C=C(Cl)/C(F)=C\C(OCC)=C(/C)C(C)=O. The highest BCUT2D eigenvalue weighted by atomic mass is 35.5. The standard InChI is InChI=1S/C11H14ClFO2/c1-5-15-11(7(2)9(4)14)6-10(13)8(3)12/h6H,3,5H2,1-2,4H3/b10-6+,11-7-. The number of hydrogen-bond donors (Lipinski definition) is 0. The average Bonchev–Trinajstić information content (AvgIpc) is 2.15. The molecule has 0 heterocycles. The molecule has 15 heavy (non-hydrogen) atoms. The summed E-state index contributed by atoms with van der Waals surface area (Å²) in [5, 5.41) is -0.219. The van der Waals surface area contributed by atoms with E-state index in [1.165, 1.54) is 6.92 Å². The predicted molar refractivity (Wildman–Crippen MR) is 59.2 cm³/mol. The molecule has 0 radical (unpaired) electrons. The van der Waals surface area contributed by atoms with E-state index in [1.54, 1.807) is 13.8 Å². The van der Waals surface area contributed by atoms with Crippen molar-refractivity contribution in [1.82, 2.24) is 0 Å². The first-order valence-electron chi connectivity index (χ1n) is 4.46. The highest BCUT2D eigenvalue weighted by molar-refractivity contribution is 6.31. The van der Waals surface area contributed by atoms with E-state index in [2.05, 4.69) is 6.58 Å². The third-order valence-electron chi connectivity index (χ3n) is 1.71. The smallest absolute Gasteiger partial charge is 0.159 e. The summed E-state index contributed by atoms with van der Waals surface area (Å²) in [6, 6.07) is 0. The van der Waals surface area contributed by atoms with Crippen molar-refractivity contribution in [3.05, 3.63) is 34.8 Å². The third-order valence-corrected chi connectivity index (χ3v) is 1.90. The lowest BCUT2D eigenvalue weighted by atomic mass is 10.1. The van der Waals surface area contributed by atoms with Gasteiger partial charge in [0.25, 0.3) is 0 Å². The Bertz CT molecular complexity index is 329. The van der Waals surface area contributed by atoms with Gasteiger partial charge >= 0.3 is 0 Å². The molecule has 84 valence electrons. The molecule has 0 aromatic heterocycles. The number of halogens is 2. The van der Waals surface area contributed by atoms with Crippen LogP contribution in [0.3, 0.4) is 0 Å². The Labute approximate surface area is 94.1 Å². The van der Waals surface area contributed by atoms with E-state index in [1.807, 2.05) is 0 Å². The summed E-state index contributed by atoms with van der Waals surface area (Å²) >= 11 is 5.36. The van der Waals surface area contributed by atoms with Crippen molar-refractivity contribution in [2.45, 2.75) is 20.8 Å². The van der Waals surface area contributed by atoms with Crippen LogP contribution in [0.4, 0.5) is 4.39 Å². The molecule has 0 rings (SSSR count). The second kappa shape index (κ2) is 6.40. The monoisotopic (exact) mass is 232 g/mol. The van der Waals surface area contributed by atoms with Gasteiger partial charge in [-0.15, -0.1) is 0 Å². The van der Waals surface area contributed by atoms with Crippen molar-refractivity contribution in [3.63, 3.8) is 0 Å². The zero-order valence-electron chi connectivity index (χ0n) is 9.06. The molecule has 0 bridgehead atoms. The molecule has 0 atom stereocenters.